The Balaban J connectivity index is 1.70. The van der Waals surface area contributed by atoms with Gasteiger partial charge in [0, 0.05) is 18.0 Å². The van der Waals surface area contributed by atoms with Crippen molar-refractivity contribution in [2.24, 2.45) is 0 Å². The number of fused-ring (bicyclic) bond motifs is 1. The number of carbonyl (C=O) groups excluding carboxylic acids is 2. The summed E-state index contributed by atoms with van der Waals surface area (Å²) in [5.74, 6) is -0.419. The number of amides is 1. The Morgan fingerprint density at radius 3 is 2.68 bits per heavy atom. The molecule has 1 N–H and O–H groups in total. The molecule has 2 unspecified atom stereocenters. The van der Waals surface area contributed by atoms with Gasteiger partial charge in [-0.25, -0.2) is 4.79 Å². The highest BCUT2D eigenvalue weighted by Crippen LogP contribution is 2.39. The first-order valence-corrected chi connectivity index (χ1v) is 9.78. The lowest BCUT2D eigenvalue weighted by molar-refractivity contribution is -0.121. The van der Waals surface area contributed by atoms with Gasteiger partial charge in [0.05, 0.1) is 30.9 Å². The van der Waals surface area contributed by atoms with Gasteiger partial charge in [0.15, 0.2) is 0 Å². The van der Waals surface area contributed by atoms with Gasteiger partial charge in [0.1, 0.15) is 5.00 Å². The first-order chi connectivity index (χ1) is 12.0. The Bertz CT molecular complexity index is 648. The molecule has 0 saturated carbocycles. The molecule has 1 amide bonds. The minimum absolute atomic E-state index is 0.0910. The molecular weight excluding hydrogens is 340 g/mol. The van der Waals surface area contributed by atoms with Gasteiger partial charge in [0.25, 0.3) is 0 Å². The molecule has 1 aromatic heterocycles. The number of nitrogens with one attached hydrogen (secondary N) is 1. The van der Waals surface area contributed by atoms with Crippen LogP contribution < -0.4 is 5.32 Å². The number of thiophene rings is 1. The summed E-state index contributed by atoms with van der Waals surface area (Å²) in [5.41, 5.74) is 1.63. The summed E-state index contributed by atoms with van der Waals surface area (Å²) in [5, 5.41) is 3.59. The summed E-state index contributed by atoms with van der Waals surface area (Å²) < 4.78 is 10.9. The van der Waals surface area contributed by atoms with E-state index in [1.54, 1.807) is 6.92 Å². The largest absolute Gasteiger partial charge is 0.462 e. The van der Waals surface area contributed by atoms with Gasteiger partial charge in [-0.05, 0) is 45.6 Å². The lowest BCUT2D eigenvalue weighted by Crippen LogP contribution is -2.48. The van der Waals surface area contributed by atoms with Crippen molar-refractivity contribution < 1.29 is 19.1 Å². The molecule has 6 nitrogen and oxygen atoms in total. The van der Waals surface area contributed by atoms with E-state index in [0.29, 0.717) is 23.7 Å². The van der Waals surface area contributed by atoms with Crippen LogP contribution in [0.15, 0.2) is 0 Å². The molecular formula is C18H26N2O4S. The van der Waals surface area contributed by atoms with Crippen molar-refractivity contribution in [3.05, 3.63) is 16.0 Å². The van der Waals surface area contributed by atoms with E-state index in [9.17, 15) is 9.59 Å². The molecule has 2 aliphatic rings. The van der Waals surface area contributed by atoms with E-state index in [-0.39, 0.29) is 24.1 Å². The summed E-state index contributed by atoms with van der Waals surface area (Å²) in [7, 11) is 0. The maximum Gasteiger partial charge on any atom is 0.341 e. The SMILES string of the molecule is CCOC(=O)c1c(NC(=O)CN2CC(C)OC(C)C2)sc2c1CCC2. The van der Waals surface area contributed by atoms with Gasteiger partial charge in [0.2, 0.25) is 5.91 Å². The van der Waals surface area contributed by atoms with Crippen molar-refractivity contribution >= 4 is 28.2 Å². The van der Waals surface area contributed by atoms with Crippen LogP contribution in [0.3, 0.4) is 0 Å². The number of morpholine rings is 1. The predicted octanol–water partition coefficient (Wildman–Crippen LogP) is 2.46. The number of nitrogens with zero attached hydrogens (tertiary/aromatic N) is 1. The Morgan fingerprint density at radius 2 is 2.00 bits per heavy atom. The van der Waals surface area contributed by atoms with E-state index in [2.05, 4.69) is 10.2 Å². The Hall–Kier alpha value is -1.44. The summed E-state index contributed by atoms with van der Waals surface area (Å²) >= 11 is 1.52. The molecule has 2 heterocycles. The van der Waals surface area contributed by atoms with Crippen molar-refractivity contribution in [3.8, 4) is 0 Å². The van der Waals surface area contributed by atoms with Gasteiger partial charge >= 0.3 is 5.97 Å². The highest BCUT2D eigenvalue weighted by atomic mass is 32.1. The second-order valence-electron chi connectivity index (χ2n) is 6.78. The molecule has 1 aliphatic carbocycles. The highest BCUT2D eigenvalue weighted by Gasteiger charge is 2.29. The molecule has 1 aliphatic heterocycles. The number of esters is 1. The summed E-state index contributed by atoms with van der Waals surface area (Å²) in [4.78, 5) is 28.2. The van der Waals surface area contributed by atoms with Gasteiger partial charge in [-0.2, -0.15) is 0 Å². The molecule has 2 atom stereocenters. The zero-order valence-corrected chi connectivity index (χ0v) is 15.9. The fourth-order valence-electron chi connectivity index (χ4n) is 3.69. The van der Waals surface area contributed by atoms with Crippen LogP contribution in [0.25, 0.3) is 0 Å². The van der Waals surface area contributed by atoms with Crippen molar-refractivity contribution in [1.29, 1.82) is 0 Å². The number of ether oxygens (including phenoxy) is 2. The lowest BCUT2D eigenvalue weighted by Gasteiger charge is -2.34. The summed E-state index contributed by atoms with van der Waals surface area (Å²) in [6.07, 6.45) is 3.16. The van der Waals surface area contributed by atoms with Gasteiger partial charge in [-0.3, -0.25) is 9.69 Å². The van der Waals surface area contributed by atoms with Crippen LogP contribution in [-0.4, -0.2) is 55.2 Å². The van der Waals surface area contributed by atoms with Gasteiger partial charge in [-0.15, -0.1) is 11.3 Å². The maximum absolute atomic E-state index is 12.5. The molecule has 1 fully saturated rings. The zero-order chi connectivity index (χ0) is 18.0. The number of carbonyl (C=O) groups is 2. The minimum Gasteiger partial charge on any atom is -0.462 e. The highest BCUT2D eigenvalue weighted by molar-refractivity contribution is 7.17. The number of aryl methyl sites for hydroxylation is 1. The third-order valence-electron chi connectivity index (χ3n) is 4.52. The third-order valence-corrected chi connectivity index (χ3v) is 5.72. The van der Waals surface area contributed by atoms with Gasteiger partial charge in [-0.1, -0.05) is 0 Å². The van der Waals surface area contributed by atoms with Crippen LogP contribution >= 0.6 is 11.3 Å². The van der Waals surface area contributed by atoms with Gasteiger partial charge < -0.3 is 14.8 Å². The Labute approximate surface area is 152 Å². The molecule has 0 spiro atoms. The maximum atomic E-state index is 12.5. The van der Waals surface area contributed by atoms with Crippen LogP contribution in [0.2, 0.25) is 0 Å². The van der Waals surface area contributed by atoms with Crippen molar-refractivity contribution in [3.63, 3.8) is 0 Å². The lowest BCUT2D eigenvalue weighted by atomic mass is 10.1. The summed E-state index contributed by atoms with van der Waals surface area (Å²) in [6.45, 7) is 7.95. The van der Waals surface area contributed by atoms with Crippen molar-refractivity contribution in [1.82, 2.24) is 4.90 Å². The van der Waals surface area contributed by atoms with Crippen LogP contribution in [0.1, 0.15) is 48.0 Å². The van der Waals surface area contributed by atoms with Crippen molar-refractivity contribution in [2.45, 2.75) is 52.2 Å². The average molecular weight is 366 g/mol. The smallest absolute Gasteiger partial charge is 0.341 e. The first-order valence-electron chi connectivity index (χ1n) is 8.97. The molecule has 1 saturated heterocycles. The number of anilines is 1. The van der Waals surface area contributed by atoms with Crippen LogP contribution in [0.5, 0.6) is 0 Å². The number of hydrogen-bond donors (Lipinski definition) is 1. The van der Waals surface area contributed by atoms with E-state index in [1.165, 1.54) is 16.2 Å². The van der Waals surface area contributed by atoms with E-state index in [1.807, 2.05) is 13.8 Å². The Kier molecular flexibility index (Phi) is 5.76. The quantitative estimate of drug-likeness (QED) is 0.811. The topological polar surface area (TPSA) is 67.9 Å². The zero-order valence-electron chi connectivity index (χ0n) is 15.1. The predicted molar refractivity (Wildman–Crippen MR) is 97.4 cm³/mol. The van der Waals surface area contributed by atoms with Crippen LogP contribution in [0, 0.1) is 0 Å². The molecule has 0 radical (unpaired) electrons. The standard InChI is InChI=1S/C18H26N2O4S/c1-4-23-18(22)16-13-6-5-7-14(13)25-17(16)19-15(21)10-20-8-11(2)24-12(3)9-20/h11-12H,4-10H2,1-3H3,(H,19,21). The fraction of sp³-hybridized carbons (Fsp3) is 0.667. The molecule has 0 bridgehead atoms. The third kappa shape index (κ3) is 4.22. The normalized spacial score (nSPS) is 23.3. The second-order valence-corrected chi connectivity index (χ2v) is 7.89. The first kappa shape index (κ1) is 18.4. The molecule has 0 aromatic carbocycles. The monoisotopic (exact) mass is 366 g/mol. The van der Waals surface area contributed by atoms with Crippen molar-refractivity contribution in [2.75, 3.05) is 31.6 Å². The van der Waals surface area contributed by atoms with E-state index < -0.39 is 0 Å². The summed E-state index contributed by atoms with van der Waals surface area (Å²) in [6, 6.07) is 0. The van der Waals surface area contributed by atoms with E-state index in [0.717, 1.165) is 37.9 Å². The van der Waals surface area contributed by atoms with E-state index in [4.69, 9.17) is 9.47 Å². The molecule has 138 valence electrons. The van der Waals surface area contributed by atoms with Crippen LogP contribution in [0.4, 0.5) is 5.00 Å². The van der Waals surface area contributed by atoms with E-state index >= 15 is 0 Å². The molecule has 25 heavy (non-hydrogen) atoms. The minimum atomic E-state index is -0.328. The molecule has 1 aromatic rings. The molecule has 7 heteroatoms. The fourth-order valence-corrected chi connectivity index (χ4v) is 4.99. The Morgan fingerprint density at radius 1 is 1.28 bits per heavy atom. The second kappa shape index (κ2) is 7.85. The number of hydrogen-bond acceptors (Lipinski definition) is 6. The van der Waals surface area contributed by atoms with Crippen LogP contribution in [-0.2, 0) is 27.1 Å². The number of rotatable bonds is 5. The molecule has 3 rings (SSSR count). The average Bonchev–Trinajstić information content (AvgIpc) is 3.06.